The molecule has 0 spiro atoms. The van der Waals surface area contributed by atoms with Crippen molar-refractivity contribution < 1.29 is 14.4 Å². The molecule has 0 saturated carbocycles. The summed E-state index contributed by atoms with van der Waals surface area (Å²) in [5.41, 5.74) is 0. The Morgan fingerprint density at radius 1 is 1.19 bits per heavy atom. The molecule has 4 amide bonds. The molecule has 0 unspecified atom stereocenters. The molecule has 0 bridgehead atoms. The van der Waals surface area contributed by atoms with Gasteiger partial charge in [0.05, 0.1) is 6.54 Å². The predicted molar refractivity (Wildman–Crippen MR) is 58.1 cm³/mol. The lowest BCUT2D eigenvalue weighted by Crippen LogP contribution is -2.45. The highest BCUT2D eigenvalue weighted by Gasteiger charge is 2.18. The molecule has 16 heavy (non-hydrogen) atoms. The number of alkyl halides is 1. The third kappa shape index (κ3) is 4.06. The minimum atomic E-state index is -0.696. The molecule has 1 aliphatic rings. The van der Waals surface area contributed by atoms with Gasteiger partial charge in [0.2, 0.25) is 11.8 Å². The van der Waals surface area contributed by atoms with Gasteiger partial charge in [-0.15, -0.1) is 11.6 Å². The Hall–Kier alpha value is -1.30. The standard InChI is InChI=1S/C9H14ClN3O3/c10-5-7(14)12-9(16)11-6-8(15)13-3-1-2-4-13/h1-6H2,(H2,11,12,14,16). The Morgan fingerprint density at radius 2 is 1.81 bits per heavy atom. The Morgan fingerprint density at radius 3 is 2.38 bits per heavy atom. The Labute approximate surface area is 98.3 Å². The normalized spacial score (nSPS) is 14.7. The van der Waals surface area contributed by atoms with E-state index in [9.17, 15) is 14.4 Å². The van der Waals surface area contributed by atoms with Crippen LogP contribution in [0.15, 0.2) is 0 Å². The third-order valence-electron chi connectivity index (χ3n) is 2.23. The summed E-state index contributed by atoms with van der Waals surface area (Å²) in [5, 5.41) is 4.29. The summed E-state index contributed by atoms with van der Waals surface area (Å²) >= 11 is 5.20. The molecular formula is C9H14ClN3O3. The van der Waals surface area contributed by atoms with E-state index in [-0.39, 0.29) is 18.3 Å². The smallest absolute Gasteiger partial charge is 0.321 e. The van der Waals surface area contributed by atoms with Gasteiger partial charge in [0.25, 0.3) is 0 Å². The van der Waals surface area contributed by atoms with Gasteiger partial charge in [-0.3, -0.25) is 14.9 Å². The topological polar surface area (TPSA) is 78.5 Å². The SMILES string of the molecule is O=C(CCl)NC(=O)NCC(=O)N1CCCC1. The zero-order valence-electron chi connectivity index (χ0n) is 8.79. The molecule has 0 radical (unpaired) electrons. The van der Waals surface area contributed by atoms with Crippen LogP contribution in [0.3, 0.4) is 0 Å². The first-order valence-electron chi connectivity index (χ1n) is 5.05. The molecule has 0 aromatic rings. The number of carbonyl (C=O) groups excluding carboxylic acids is 3. The molecule has 7 heteroatoms. The van der Waals surface area contributed by atoms with Crippen molar-refractivity contribution in [3.05, 3.63) is 0 Å². The molecule has 1 saturated heterocycles. The van der Waals surface area contributed by atoms with Crippen molar-refractivity contribution in [3.8, 4) is 0 Å². The molecule has 1 fully saturated rings. The van der Waals surface area contributed by atoms with Crippen LogP contribution in [0.2, 0.25) is 0 Å². The fraction of sp³-hybridized carbons (Fsp3) is 0.667. The van der Waals surface area contributed by atoms with Gasteiger partial charge in [-0.1, -0.05) is 0 Å². The molecule has 0 aromatic carbocycles. The van der Waals surface area contributed by atoms with Gasteiger partial charge in [-0.05, 0) is 12.8 Å². The molecule has 6 nitrogen and oxygen atoms in total. The van der Waals surface area contributed by atoms with Gasteiger partial charge in [0, 0.05) is 13.1 Å². The number of nitrogens with zero attached hydrogens (tertiary/aromatic N) is 1. The lowest BCUT2D eigenvalue weighted by molar-refractivity contribution is -0.129. The Kier molecular flexibility index (Phi) is 5.04. The van der Waals surface area contributed by atoms with Crippen molar-refractivity contribution in [2.24, 2.45) is 0 Å². The second kappa shape index (κ2) is 6.32. The molecule has 0 aromatic heterocycles. The molecule has 1 heterocycles. The summed E-state index contributed by atoms with van der Waals surface area (Å²) in [7, 11) is 0. The van der Waals surface area contributed by atoms with Crippen LogP contribution in [-0.2, 0) is 9.59 Å². The highest BCUT2D eigenvalue weighted by molar-refractivity contribution is 6.28. The lowest BCUT2D eigenvalue weighted by Gasteiger charge is -2.15. The van der Waals surface area contributed by atoms with Crippen molar-refractivity contribution in [2.75, 3.05) is 25.5 Å². The maximum absolute atomic E-state index is 11.5. The average Bonchev–Trinajstić information content (AvgIpc) is 2.79. The zero-order valence-corrected chi connectivity index (χ0v) is 9.55. The second-order valence-electron chi connectivity index (χ2n) is 3.45. The fourth-order valence-electron chi connectivity index (χ4n) is 1.44. The number of amides is 4. The monoisotopic (exact) mass is 247 g/mol. The van der Waals surface area contributed by atoms with E-state index >= 15 is 0 Å². The summed E-state index contributed by atoms with van der Waals surface area (Å²) in [6.07, 6.45) is 2.01. The maximum Gasteiger partial charge on any atom is 0.321 e. The van der Waals surface area contributed by atoms with Crippen LogP contribution >= 0.6 is 11.6 Å². The van der Waals surface area contributed by atoms with Crippen LogP contribution in [0.4, 0.5) is 4.79 Å². The summed E-state index contributed by atoms with van der Waals surface area (Å²) < 4.78 is 0. The molecule has 1 rings (SSSR count). The fourth-order valence-corrected chi connectivity index (χ4v) is 1.51. The first kappa shape index (κ1) is 12.8. The highest BCUT2D eigenvalue weighted by atomic mass is 35.5. The van der Waals surface area contributed by atoms with E-state index in [2.05, 4.69) is 5.32 Å². The minimum absolute atomic E-state index is 0.0958. The molecular weight excluding hydrogens is 234 g/mol. The number of rotatable bonds is 3. The molecule has 2 N–H and O–H groups in total. The van der Waals surface area contributed by atoms with E-state index in [0.29, 0.717) is 0 Å². The zero-order chi connectivity index (χ0) is 12.0. The van der Waals surface area contributed by atoms with Crippen LogP contribution in [0, 0.1) is 0 Å². The van der Waals surface area contributed by atoms with E-state index in [1.807, 2.05) is 5.32 Å². The van der Waals surface area contributed by atoms with Gasteiger partial charge >= 0.3 is 6.03 Å². The highest BCUT2D eigenvalue weighted by Crippen LogP contribution is 2.06. The van der Waals surface area contributed by atoms with Crippen LogP contribution in [-0.4, -0.2) is 48.3 Å². The van der Waals surface area contributed by atoms with Gasteiger partial charge in [-0.2, -0.15) is 0 Å². The number of hydrogen-bond donors (Lipinski definition) is 2. The molecule has 0 aliphatic carbocycles. The van der Waals surface area contributed by atoms with Crippen molar-refractivity contribution >= 4 is 29.4 Å². The predicted octanol–water partition coefficient (Wildman–Crippen LogP) is -0.327. The van der Waals surface area contributed by atoms with Crippen molar-refractivity contribution in [1.82, 2.24) is 15.5 Å². The van der Waals surface area contributed by atoms with Gasteiger partial charge in [0.15, 0.2) is 0 Å². The van der Waals surface area contributed by atoms with Crippen LogP contribution in [0.25, 0.3) is 0 Å². The summed E-state index contributed by atoms with van der Waals surface area (Å²) in [6.45, 7) is 1.38. The number of imide groups is 1. The number of halogens is 1. The largest absolute Gasteiger partial charge is 0.341 e. The first-order valence-corrected chi connectivity index (χ1v) is 5.58. The minimum Gasteiger partial charge on any atom is -0.341 e. The van der Waals surface area contributed by atoms with Gasteiger partial charge in [0.1, 0.15) is 5.88 Å². The van der Waals surface area contributed by atoms with Gasteiger partial charge < -0.3 is 10.2 Å². The molecule has 1 aliphatic heterocycles. The summed E-state index contributed by atoms with van der Waals surface area (Å²) in [6, 6.07) is -0.696. The number of hydrogen-bond acceptors (Lipinski definition) is 3. The summed E-state index contributed by atoms with van der Waals surface area (Å²) in [5.74, 6) is -1.01. The van der Waals surface area contributed by atoms with Crippen molar-refractivity contribution in [1.29, 1.82) is 0 Å². The van der Waals surface area contributed by atoms with Crippen LogP contribution in [0.1, 0.15) is 12.8 Å². The average molecular weight is 248 g/mol. The maximum atomic E-state index is 11.5. The molecule has 90 valence electrons. The number of urea groups is 1. The third-order valence-corrected chi connectivity index (χ3v) is 2.48. The van der Waals surface area contributed by atoms with E-state index in [4.69, 9.17) is 11.6 Å². The van der Waals surface area contributed by atoms with E-state index in [1.54, 1.807) is 4.90 Å². The second-order valence-corrected chi connectivity index (χ2v) is 3.72. The van der Waals surface area contributed by atoms with Gasteiger partial charge in [-0.25, -0.2) is 4.79 Å². The number of carbonyl (C=O) groups is 3. The van der Waals surface area contributed by atoms with E-state index < -0.39 is 11.9 Å². The number of likely N-dealkylation sites (tertiary alicyclic amines) is 1. The number of nitrogens with one attached hydrogen (secondary N) is 2. The Bertz CT molecular complexity index is 290. The molecule has 0 atom stereocenters. The summed E-state index contributed by atoms with van der Waals surface area (Å²) in [4.78, 5) is 34.9. The van der Waals surface area contributed by atoms with E-state index in [1.165, 1.54) is 0 Å². The van der Waals surface area contributed by atoms with Crippen molar-refractivity contribution in [3.63, 3.8) is 0 Å². The van der Waals surface area contributed by atoms with Crippen LogP contribution in [0.5, 0.6) is 0 Å². The Balaban J connectivity index is 2.20. The van der Waals surface area contributed by atoms with Crippen LogP contribution < -0.4 is 10.6 Å². The lowest BCUT2D eigenvalue weighted by atomic mass is 10.4. The van der Waals surface area contributed by atoms with E-state index in [0.717, 1.165) is 25.9 Å². The van der Waals surface area contributed by atoms with Crippen molar-refractivity contribution in [2.45, 2.75) is 12.8 Å². The first-order chi connectivity index (χ1) is 7.63. The quantitative estimate of drug-likeness (QED) is 0.671.